The Morgan fingerprint density at radius 3 is 2.26 bits per heavy atom. The molecule has 0 atom stereocenters. The number of aliphatic carboxylic acids is 1. The van der Waals surface area contributed by atoms with Gasteiger partial charge in [0.25, 0.3) is 0 Å². The van der Waals surface area contributed by atoms with E-state index in [1.54, 1.807) is 6.08 Å². The van der Waals surface area contributed by atoms with Gasteiger partial charge in [-0.3, -0.25) is 4.79 Å². The van der Waals surface area contributed by atoms with Gasteiger partial charge in [0.1, 0.15) is 0 Å². The lowest BCUT2D eigenvalue weighted by Crippen LogP contribution is -2.35. The van der Waals surface area contributed by atoms with Crippen LogP contribution in [0, 0.1) is 0 Å². The van der Waals surface area contributed by atoms with Gasteiger partial charge >= 0.3 is 5.97 Å². The normalized spacial score (nSPS) is 13.3. The van der Waals surface area contributed by atoms with Crippen molar-refractivity contribution in [3.05, 3.63) is 45.3 Å². The summed E-state index contributed by atoms with van der Waals surface area (Å²) in [4.78, 5) is 18.1. The maximum absolute atomic E-state index is 11.0. The summed E-state index contributed by atoms with van der Waals surface area (Å²) in [6, 6.07) is 4.46. The number of hydrogen-bond donors (Lipinski definition) is 3. The average Bonchev–Trinajstić information content (AvgIpc) is 3.25. The van der Waals surface area contributed by atoms with Crippen LogP contribution in [-0.4, -0.2) is 53.2 Å². The van der Waals surface area contributed by atoms with E-state index in [0.29, 0.717) is 0 Å². The second-order valence-electron chi connectivity index (χ2n) is 9.67. The van der Waals surface area contributed by atoms with Gasteiger partial charge in [0.2, 0.25) is 0 Å². The Kier molecular flexibility index (Phi) is 9.63. The molecule has 0 radical (unpaired) electrons. The summed E-state index contributed by atoms with van der Waals surface area (Å²) in [6.07, 6.45) is 13.0. The van der Waals surface area contributed by atoms with E-state index in [0.717, 1.165) is 60.3 Å². The third-order valence-electron chi connectivity index (χ3n) is 5.60. The topological polar surface area (TPSA) is 68.9 Å². The van der Waals surface area contributed by atoms with Crippen molar-refractivity contribution in [2.45, 2.75) is 71.6 Å². The molecule has 0 unspecified atom stereocenters. The number of nitrogens with zero attached hydrogens (tertiary/aromatic N) is 1. The molecule has 31 heavy (non-hydrogen) atoms. The predicted octanol–water partition coefficient (Wildman–Crippen LogP) is 3.75. The first kappa shape index (κ1) is 25.0. The zero-order valence-corrected chi connectivity index (χ0v) is 20.2. The van der Waals surface area contributed by atoms with Crippen LogP contribution >= 0.6 is 0 Å². The fourth-order valence-electron chi connectivity index (χ4n) is 3.85. The number of aryl methyl sites for hydroxylation is 3. The lowest BCUT2D eigenvalue weighted by Gasteiger charge is -2.23. The lowest BCUT2D eigenvalue weighted by molar-refractivity contribution is -0.870. The summed E-state index contributed by atoms with van der Waals surface area (Å²) >= 11 is 0. The number of H-pyrrole nitrogens is 2. The van der Waals surface area contributed by atoms with Gasteiger partial charge in [-0.2, -0.15) is 0 Å². The van der Waals surface area contributed by atoms with Gasteiger partial charge in [-0.1, -0.05) is 26.7 Å². The van der Waals surface area contributed by atoms with Gasteiger partial charge in [-0.25, -0.2) is 0 Å². The molecule has 2 aromatic heterocycles. The highest BCUT2D eigenvalue weighted by molar-refractivity contribution is 5.72. The number of carboxylic acid groups (broad SMARTS) is 1. The molecule has 0 aliphatic heterocycles. The summed E-state index contributed by atoms with van der Waals surface area (Å²) in [5, 5.41) is 11.0. The van der Waals surface area contributed by atoms with Crippen molar-refractivity contribution in [2.75, 3.05) is 27.7 Å². The first-order valence-corrected chi connectivity index (χ1v) is 11.8. The average molecular weight is 429 g/mol. The van der Waals surface area contributed by atoms with Crippen molar-refractivity contribution in [1.29, 1.82) is 0 Å². The molecule has 0 aliphatic rings. The molecule has 0 saturated heterocycles. The first-order chi connectivity index (χ1) is 14.7. The quantitative estimate of drug-likeness (QED) is 0.425. The maximum Gasteiger partial charge on any atom is 0.307 e. The molecule has 0 fully saturated rings. The molecule has 2 rings (SSSR count). The smallest absolute Gasteiger partial charge is 0.307 e. The number of hydrogen-bond acceptors (Lipinski definition) is 1. The van der Waals surface area contributed by atoms with E-state index in [1.807, 2.05) is 0 Å². The molecule has 3 N–H and O–H groups in total. The van der Waals surface area contributed by atoms with Gasteiger partial charge in [-0.05, 0) is 67.5 Å². The van der Waals surface area contributed by atoms with Crippen LogP contribution in [0.1, 0.15) is 74.9 Å². The van der Waals surface area contributed by atoms with Gasteiger partial charge < -0.3 is 19.6 Å². The molecule has 0 spiro atoms. The summed E-state index contributed by atoms with van der Waals surface area (Å²) in [5.41, 5.74) is 5.15. The summed E-state index contributed by atoms with van der Waals surface area (Å²) in [6.45, 7) is 5.59. The van der Waals surface area contributed by atoms with Gasteiger partial charge in [0.05, 0.1) is 34.1 Å². The number of aromatic nitrogens is 2. The zero-order valence-electron chi connectivity index (χ0n) is 20.2. The first-order valence-electron chi connectivity index (χ1n) is 11.8. The standard InChI is InChI=1S/C26H41N3O2/c1-6-8-11-20-17-22(13-10-16-29(3,4)5)27-24(20)19-25-21(12-9-7-2)18-23(28-25)14-15-26(30)31/h14,17-19,27-28H,6-13,15-16H2,1-5H3/p+1/b23-14+,25-19-. The second kappa shape index (κ2) is 11.9. The fraction of sp³-hybridized carbons (Fsp3) is 0.577. The SMILES string of the molecule is CCCCc1cc(CCC[N+](C)(C)C)[nH]c1/C=c1\[nH]/c(=C/CC(=O)O)cc1CCCC. The maximum atomic E-state index is 11.0. The van der Waals surface area contributed by atoms with E-state index in [4.69, 9.17) is 5.11 Å². The molecule has 0 aliphatic carbocycles. The van der Waals surface area contributed by atoms with Gasteiger partial charge in [0.15, 0.2) is 0 Å². The lowest BCUT2D eigenvalue weighted by atomic mass is 10.1. The minimum Gasteiger partial charge on any atom is -0.481 e. The van der Waals surface area contributed by atoms with Crippen molar-refractivity contribution in [1.82, 2.24) is 9.97 Å². The van der Waals surface area contributed by atoms with Crippen molar-refractivity contribution in [3.8, 4) is 0 Å². The number of carboxylic acids is 1. The number of aromatic amines is 2. The predicted molar refractivity (Wildman–Crippen MR) is 130 cm³/mol. The molecule has 0 saturated carbocycles. The molecular weight excluding hydrogens is 386 g/mol. The Morgan fingerprint density at radius 1 is 0.968 bits per heavy atom. The monoisotopic (exact) mass is 428 g/mol. The number of rotatable bonds is 13. The van der Waals surface area contributed by atoms with Crippen LogP contribution in [0.2, 0.25) is 0 Å². The molecule has 2 aromatic rings. The van der Waals surface area contributed by atoms with Gasteiger partial charge in [-0.15, -0.1) is 0 Å². The van der Waals surface area contributed by atoms with Gasteiger partial charge in [0, 0.05) is 28.5 Å². The van der Waals surface area contributed by atoms with Crippen LogP contribution in [0.25, 0.3) is 12.2 Å². The Labute approximate surface area is 187 Å². The van der Waals surface area contributed by atoms with E-state index in [2.05, 4.69) is 63.2 Å². The number of nitrogens with one attached hydrogen (secondary N) is 2. The highest BCUT2D eigenvalue weighted by Gasteiger charge is 2.10. The van der Waals surface area contributed by atoms with Crippen LogP contribution in [0.3, 0.4) is 0 Å². The number of unbranched alkanes of at least 4 members (excludes halogenated alkanes) is 2. The molecule has 0 amide bonds. The van der Waals surface area contributed by atoms with E-state index >= 15 is 0 Å². The zero-order chi connectivity index (χ0) is 22.9. The van der Waals surface area contributed by atoms with E-state index in [9.17, 15) is 4.79 Å². The Hall–Kier alpha value is -2.27. The summed E-state index contributed by atoms with van der Waals surface area (Å²) in [5.74, 6) is -0.806. The van der Waals surface area contributed by atoms with Crippen LogP contribution in [-0.2, 0) is 24.1 Å². The number of quaternary nitrogens is 1. The van der Waals surface area contributed by atoms with E-state index in [1.165, 1.54) is 35.4 Å². The molecule has 2 heterocycles. The van der Waals surface area contributed by atoms with Crippen molar-refractivity contribution < 1.29 is 14.4 Å². The molecule has 172 valence electrons. The van der Waals surface area contributed by atoms with Crippen LogP contribution in [0.5, 0.6) is 0 Å². The summed E-state index contributed by atoms with van der Waals surface area (Å²) < 4.78 is 0.987. The Balaban J connectivity index is 2.37. The highest BCUT2D eigenvalue weighted by Crippen LogP contribution is 2.17. The molecular formula is C26H42N3O2+. The highest BCUT2D eigenvalue weighted by atomic mass is 16.4. The van der Waals surface area contributed by atoms with Crippen molar-refractivity contribution in [2.24, 2.45) is 0 Å². The third-order valence-corrected chi connectivity index (χ3v) is 5.60. The third kappa shape index (κ3) is 8.78. The van der Waals surface area contributed by atoms with E-state index < -0.39 is 5.97 Å². The Morgan fingerprint density at radius 2 is 1.65 bits per heavy atom. The minimum absolute atomic E-state index is 0.0356. The van der Waals surface area contributed by atoms with Crippen molar-refractivity contribution in [3.63, 3.8) is 0 Å². The summed E-state index contributed by atoms with van der Waals surface area (Å²) in [7, 11) is 6.72. The van der Waals surface area contributed by atoms with Crippen molar-refractivity contribution >= 4 is 18.1 Å². The second-order valence-corrected chi connectivity index (χ2v) is 9.67. The molecule has 0 aromatic carbocycles. The molecule has 0 bridgehead atoms. The molecule has 5 nitrogen and oxygen atoms in total. The number of carbonyl (C=O) groups is 1. The van der Waals surface area contributed by atoms with Crippen LogP contribution in [0.15, 0.2) is 12.1 Å². The van der Waals surface area contributed by atoms with Crippen LogP contribution in [0.4, 0.5) is 0 Å². The largest absolute Gasteiger partial charge is 0.481 e. The molecule has 5 heteroatoms. The fourth-order valence-corrected chi connectivity index (χ4v) is 3.85. The van der Waals surface area contributed by atoms with E-state index in [-0.39, 0.29) is 6.42 Å². The van der Waals surface area contributed by atoms with Crippen LogP contribution < -0.4 is 10.7 Å². The Bertz CT molecular complexity index is 944. The minimum atomic E-state index is -0.806.